The fraction of sp³-hybridized carbons (Fsp3) is 0.353. The Kier molecular flexibility index (Phi) is 5.02. The predicted molar refractivity (Wildman–Crippen MR) is 89.5 cm³/mol. The van der Waals surface area contributed by atoms with E-state index in [1.54, 1.807) is 24.5 Å². The Morgan fingerprint density at radius 2 is 2.09 bits per heavy atom. The third-order valence-corrected chi connectivity index (χ3v) is 4.98. The van der Waals surface area contributed by atoms with Crippen LogP contribution in [0, 0.1) is 5.92 Å². The first-order valence-electron chi connectivity index (χ1n) is 7.75. The molecule has 0 saturated carbocycles. The third-order valence-electron chi connectivity index (χ3n) is 4.11. The maximum atomic E-state index is 12.3. The van der Waals surface area contributed by atoms with Crippen molar-refractivity contribution in [3.63, 3.8) is 0 Å². The summed E-state index contributed by atoms with van der Waals surface area (Å²) in [7, 11) is 0. The summed E-state index contributed by atoms with van der Waals surface area (Å²) in [5.41, 5.74) is 0.636. The number of aromatic nitrogens is 1. The molecule has 0 unspecified atom stereocenters. The summed E-state index contributed by atoms with van der Waals surface area (Å²) in [6.45, 7) is 2.13. The van der Waals surface area contributed by atoms with Crippen LogP contribution in [0.1, 0.15) is 32.9 Å². The van der Waals surface area contributed by atoms with Gasteiger partial charge in [-0.25, -0.2) is 0 Å². The maximum Gasteiger partial charge on any atom is 0.261 e. The molecule has 120 valence electrons. The summed E-state index contributed by atoms with van der Waals surface area (Å²) in [5.74, 6) is 0.463. The molecule has 0 bridgehead atoms. The Labute approximate surface area is 139 Å². The van der Waals surface area contributed by atoms with Gasteiger partial charge in [-0.05, 0) is 42.3 Å². The first-order chi connectivity index (χ1) is 11.2. The molecule has 2 aromatic rings. The molecule has 1 aliphatic rings. The number of piperidine rings is 1. The number of pyridine rings is 1. The van der Waals surface area contributed by atoms with E-state index in [1.807, 2.05) is 22.4 Å². The molecule has 0 spiro atoms. The quantitative estimate of drug-likeness (QED) is 0.937. The van der Waals surface area contributed by atoms with Gasteiger partial charge in [0.1, 0.15) is 0 Å². The van der Waals surface area contributed by atoms with Crippen molar-refractivity contribution in [3.8, 4) is 0 Å². The first-order valence-corrected chi connectivity index (χ1v) is 8.63. The van der Waals surface area contributed by atoms with E-state index < -0.39 is 0 Å². The molecule has 2 aromatic heterocycles. The molecule has 5 nitrogen and oxygen atoms in total. The van der Waals surface area contributed by atoms with Gasteiger partial charge in [-0.1, -0.05) is 6.07 Å². The summed E-state index contributed by atoms with van der Waals surface area (Å²) >= 11 is 1.45. The Bertz CT molecular complexity index is 650. The van der Waals surface area contributed by atoms with E-state index in [0.717, 1.165) is 30.8 Å². The van der Waals surface area contributed by atoms with E-state index in [1.165, 1.54) is 11.3 Å². The summed E-state index contributed by atoms with van der Waals surface area (Å²) < 4.78 is 0. The Balaban J connectivity index is 1.45. The molecule has 0 atom stereocenters. The zero-order chi connectivity index (χ0) is 16.1. The molecule has 3 rings (SSSR count). The number of rotatable bonds is 4. The maximum absolute atomic E-state index is 12.3. The molecule has 0 radical (unpaired) electrons. The highest BCUT2D eigenvalue weighted by Gasteiger charge is 2.24. The van der Waals surface area contributed by atoms with Gasteiger partial charge in [0.05, 0.1) is 10.4 Å². The minimum atomic E-state index is -0.00568. The fourth-order valence-corrected chi connectivity index (χ4v) is 3.38. The molecule has 1 fully saturated rings. The second-order valence-electron chi connectivity index (χ2n) is 5.66. The fourth-order valence-electron chi connectivity index (χ4n) is 2.74. The van der Waals surface area contributed by atoms with Crippen LogP contribution >= 0.6 is 11.3 Å². The van der Waals surface area contributed by atoms with E-state index in [2.05, 4.69) is 10.3 Å². The number of hydrogen-bond donors (Lipinski definition) is 1. The highest BCUT2D eigenvalue weighted by molar-refractivity contribution is 7.12. The van der Waals surface area contributed by atoms with Gasteiger partial charge in [0.25, 0.3) is 11.8 Å². The molecule has 6 heteroatoms. The van der Waals surface area contributed by atoms with Crippen LogP contribution < -0.4 is 5.32 Å². The molecule has 1 N–H and O–H groups in total. The van der Waals surface area contributed by atoms with Crippen molar-refractivity contribution in [1.29, 1.82) is 0 Å². The first kappa shape index (κ1) is 15.7. The summed E-state index contributed by atoms with van der Waals surface area (Å²) in [6, 6.07) is 7.28. The van der Waals surface area contributed by atoms with Crippen molar-refractivity contribution in [2.45, 2.75) is 12.8 Å². The van der Waals surface area contributed by atoms with Crippen molar-refractivity contribution in [2.75, 3.05) is 19.6 Å². The second kappa shape index (κ2) is 7.37. The van der Waals surface area contributed by atoms with Crippen LogP contribution in [-0.4, -0.2) is 41.3 Å². The molecule has 1 saturated heterocycles. The average Bonchev–Trinajstić information content (AvgIpc) is 3.15. The lowest BCUT2D eigenvalue weighted by atomic mass is 9.96. The van der Waals surface area contributed by atoms with Crippen molar-refractivity contribution in [2.24, 2.45) is 5.92 Å². The number of likely N-dealkylation sites (tertiary alicyclic amines) is 1. The van der Waals surface area contributed by atoms with Crippen LogP contribution in [0.3, 0.4) is 0 Å². The number of carbonyl (C=O) groups is 2. The number of nitrogens with one attached hydrogen (secondary N) is 1. The van der Waals surface area contributed by atoms with Crippen molar-refractivity contribution in [3.05, 3.63) is 52.5 Å². The lowest BCUT2D eigenvalue weighted by molar-refractivity contribution is 0.0684. The lowest BCUT2D eigenvalue weighted by Gasteiger charge is -2.32. The number of hydrogen-bond acceptors (Lipinski definition) is 4. The van der Waals surface area contributed by atoms with E-state index >= 15 is 0 Å². The normalized spacial score (nSPS) is 15.4. The number of nitrogens with zero attached hydrogens (tertiary/aromatic N) is 2. The summed E-state index contributed by atoms with van der Waals surface area (Å²) in [4.78, 5) is 30.9. The van der Waals surface area contributed by atoms with Gasteiger partial charge in [0.15, 0.2) is 0 Å². The summed E-state index contributed by atoms with van der Waals surface area (Å²) in [5, 5.41) is 4.89. The van der Waals surface area contributed by atoms with Gasteiger partial charge in [-0.2, -0.15) is 0 Å². The van der Waals surface area contributed by atoms with Crippen LogP contribution in [0.2, 0.25) is 0 Å². The Morgan fingerprint density at radius 1 is 1.26 bits per heavy atom. The second-order valence-corrected chi connectivity index (χ2v) is 6.61. The number of carbonyl (C=O) groups excluding carboxylic acids is 2. The lowest BCUT2D eigenvalue weighted by Crippen LogP contribution is -2.41. The standard InChI is InChI=1S/C17H19N3O2S/c21-16(15-4-2-10-23-15)19-11-13-5-8-20(9-6-13)17(22)14-3-1-7-18-12-14/h1-4,7,10,12-13H,5-6,8-9,11H2,(H,19,21). The molecule has 23 heavy (non-hydrogen) atoms. The Morgan fingerprint density at radius 3 is 2.74 bits per heavy atom. The van der Waals surface area contributed by atoms with E-state index in [-0.39, 0.29) is 11.8 Å². The van der Waals surface area contributed by atoms with Gasteiger partial charge in [0.2, 0.25) is 0 Å². The van der Waals surface area contributed by atoms with Crippen LogP contribution in [0.5, 0.6) is 0 Å². The van der Waals surface area contributed by atoms with Crippen LogP contribution in [0.25, 0.3) is 0 Å². The zero-order valence-corrected chi connectivity index (χ0v) is 13.6. The van der Waals surface area contributed by atoms with Gasteiger partial charge >= 0.3 is 0 Å². The molecule has 0 aliphatic carbocycles. The van der Waals surface area contributed by atoms with E-state index in [0.29, 0.717) is 18.0 Å². The molecule has 1 aliphatic heterocycles. The number of amides is 2. The monoisotopic (exact) mass is 329 g/mol. The molecular weight excluding hydrogens is 310 g/mol. The van der Waals surface area contributed by atoms with Crippen LogP contribution in [-0.2, 0) is 0 Å². The van der Waals surface area contributed by atoms with Crippen LogP contribution in [0.4, 0.5) is 0 Å². The van der Waals surface area contributed by atoms with Crippen molar-refractivity contribution >= 4 is 23.2 Å². The van der Waals surface area contributed by atoms with Crippen molar-refractivity contribution in [1.82, 2.24) is 15.2 Å². The van der Waals surface area contributed by atoms with E-state index in [4.69, 9.17) is 0 Å². The van der Waals surface area contributed by atoms with Crippen LogP contribution in [0.15, 0.2) is 42.0 Å². The van der Waals surface area contributed by atoms with Gasteiger partial charge in [0, 0.05) is 32.0 Å². The highest BCUT2D eigenvalue weighted by Crippen LogP contribution is 2.18. The zero-order valence-electron chi connectivity index (χ0n) is 12.8. The average molecular weight is 329 g/mol. The molecule has 2 amide bonds. The van der Waals surface area contributed by atoms with Gasteiger partial charge < -0.3 is 10.2 Å². The minimum absolute atomic E-state index is 0.00568. The third kappa shape index (κ3) is 3.96. The largest absolute Gasteiger partial charge is 0.351 e. The molecule has 3 heterocycles. The van der Waals surface area contributed by atoms with Gasteiger partial charge in [-0.3, -0.25) is 14.6 Å². The predicted octanol–water partition coefficient (Wildman–Crippen LogP) is 2.43. The summed E-state index contributed by atoms with van der Waals surface area (Å²) in [6.07, 6.45) is 5.10. The topological polar surface area (TPSA) is 62.3 Å². The van der Waals surface area contributed by atoms with E-state index in [9.17, 15) is 9.59 Å². The molecule has 0 aromatic carbocycles. The van der Waals surface area contributed by atoms with Crippen molar-refractivity contribution < 1.29 is 9.59 Å². The minimum Gasteiger partial charge on any atom is -0.351 e. The molecular formula is C17H19N3O2S. The Hall–Kier alpha value is -2.21. The highest BCUT2D eigenvalue weighted by atomic mass is 32.1. The SMILES string of the molecule is O=C(NCC1CCN(C(=O)c2cccnc2)CC1)c1cccs1. The van der Waals surface area contributed by atoms with Gasteiger partial charge in [-0.15, -0.1) is 11.3 Å². The smallest absolute Gasteiger partial charge is 0.261 e. The number of thiophene rings is 1.